The minimum atomic E-state index is -0.575. The molecule has 0 radical (unpaired) electrons. The van der Waals surface area contributed by atoms with Crippen molar-refractivity contribution >= 4 is 5.91 Å². The fourth-order valence-corrected chi connectivity index (χ4v) is 0.450. The van der Waals surface area contributed by atoms with E-state index in [-0.39, 0.29) is 5.91 Å². The first-order valence-electron chi connectivity index (χ1n) is 3.39. The van der Waals surface area contributed by atoms with Crippen LogP contribution < -0.4 is 5.32 Å². The van der Waals surface area contributed by atoms with Crippen molar-refractivity contribution in [2.45, 2.75) is 13.8 Å². The fourth-order valence-electron chi connectivity index (χ4n) is 0.450. The van der Waals surface area contributed by atoms with Gasteiger partial charge >= 0.3 is 0 Å². The monoisotopic (exact) mass is 152 g/mol. The van der Waals surface area contributed by atoms with Crippen molar-refractivity contribution in [3.63, 3.8) is 0 Å². The molecule has 1 amide bonds. The quantitative estimate of drug-likeness (QED) is 0.609. The Kier molecular flexibility index (Phi) is 3.97. The van der Waals surface area contributed by atoms with Crippen LogP contribution in [-0.4, -0.2) is 12.5 Å². The number of nitrogens with zero attached hydrogens (tertiary/aromatic N) is 1. The van der Waals surface area contributed by atoms with Crippen LogP contribution in [0.3, 0.4) is 0 Å². The first kappa shape index (κ1) is 9.70. The predicted octanol–water partition coefficient (Wildman–Crippen LogP) is 0.838. The predicted molar refractivity (Wildman–Crippen MR) is 42.6 cm³/mol. The van der Waals surface area contributed by atoms with Gasteiger partial charge in [-0.15, -0.1) is 0 Å². The van der Waals surface area contributed by atoms with E-state index in [0.29, 0.717) is 6.54 Å². The minimum absolute atomic E-state index is 0.240. The molecule has 1 N–H and O–H groups in total. The van der Waals surface area contributed by atoms with Gasteiger partial charge in [0.25, 0.3) is 0 Å². The van der Waals surface area contributed by atoms with Crippen LogP contribution in [0, 0.1) is 17.2 Å². The average molecular weight is 152 g/mol. The summed E-state index contributed by atoms with van der Waals surface area (Å²) in [7, 11) is 0. The molecular weight excluding hydrogens is 140 g/mol. The number of carbonyl (C=O) groups is 1. The molecule has 0 aliphatic rings. The molecule has 0 spiro atoms. The lowest BCUT2D eigenvalue weighted by atomic mass is 10.2. The van der Waals surface area contributed by atoms with Crippen LogP contribution in [0.1, 0.15) is 13.8 Å². The van der Waals surface area contributed by atoms with Crippen LogP contribution >= 0.6 is 0 Å². The second-order valence-corrected chi connectivity index (χ2v) is 2.53. The van der Waals surface area contributed by atoms with E-state index in [1.165, 1.54) is 0 Å². The number of rotatable bonds is 3. The summed E-state index contributed by atoms with van der Waals surface area (Å²) in [6.07, 6.45) is 0. The summed E-state index contributed by atoms with van der Waals surface area (Å²) in [5.41, 5.74) is 0.878. The van der Waals surface area contributed by atoms with Gasteiger partial charge in [0.2, 0.25) is 5.91 Å². The summed E-state index contributed by atoms with van der Waals surface area (Å²) < 4.78 is 0. The molecule has 1 unspecified atom stereocenters. The molecule has 0 aromatic carbocycles. The van der Waals surface area contributed by atoms with Crippen molar-refractivity contribution in [1.29, 1.82) is 5.26 Å². The molecule has 0 saturated heterocycles. The van der Waals surface area contributed by atoms with E-state index >= 15 is 0 Å². The molecule has 0 aliphatic carbocycles. The Labute approximate surface area is 66.7 Å². The van der Waals surface area contributed by atoms with Crippen molar-refractivity contribution in [2.75, 3.05) is 6.54 Å². The highest BCUT2D eigenvalue weighted by molar-refractivity contribution is 5.80. The molecule has 11 heavy (non-hydrogen) atoms. The standard InChI is InChI=1S/C8H12N2O/c1-6(2)5-10-8(11)7(3)4-9/h7H,1,5H2,2-3H3,(H,10,11). The molecule has 1 atom stereocenters. The number of carbonyl (C=O) groups excluding carboxylic acids is 1. The Balaban J connectivity index is 3.72. The summed E-state index contributed by atoms with van der Waals surface area (Å²) in [6.45, 7) is 7.44. The molecule has 0 rings (SSSR count). The second-order valence-electron chi connectivity index (χ2n) is 2.53. The highest BCUT2D eigenvalue weighted by Crippen LogP contribution is 1.91. The molecule has 0 heterocycles. The van der Waals surface area contributed by atoms with Gasteiger partial charge in [0.1, 0.15) is 5.92 Å². The third-order valence-electron chi connectivity index (χ3n) is 1.15. The first-order valence-corrected chi connectivity index (χ1v) is 3.39. The zero-order valence-electron chi connectivity index (χ0n) is 6.85. The van der Waals surface area contributed by atoms with Gasteiger partial charge in [0.15, 0.2) is 0 Å². The van der Waals surface area contributed by atoms with Gasteiger partial charge in [-0.2, -0.15) is 5.26 Å². The highest BCUT2D eigenvalue weighted by atomic mass is 16.1. The van der Waals surface area contributed by atoms with E-state index in [1.807, 2.05) is 13.0 Å². The SMILES string of the molecule is C=C(C)CNC(=O)C(C)C#N. The molecule has 0 saturated carbocycles. The molecule has 3 heteroatoms. The van der Waals surface area contributed by atoms with Gasteiger partial charge in [-0.25, -0.2) is 0 Å². The number of amides is 1. The van der Waals surface area contributed by atoms with Crippen LogP contribution in [0.5, 0.6) is 0 Å². The maximum absolute atomic E-state index is 10.9. The Morgan fingerprint density at radius 2 is 2.36 bits per heavy atom. The highest BCUT2D eigenvalue weighted by Gasteiger charge is 2.09. The fraction of sp³-hybridized carbons (Fsp3) is 0.500. The van der Waals surface area contributed by atoms with Crippen LogP contribution in [0.25, 0.3) is 0 Å². The summed E-state index contributed by atoms with van der Waals surface area (Å²) in [5.74, 6) is -0.815. The van der Waals surface area contributed by atoms with Gasteiger partial charge in [0, 0.05) is 6.54 Å². The van der Waals surface area contributed by atoms with E-state index in [2.05, 4.69) is 11.9 Å². The van der Waals surface area contributed by atoms with Crippen LogP contribution in [-0.2, 0) is 4.79 Å². The van der Waals surface area contributed by atoms with Crippen LogP contribution in [0.2, 0.25) is 0 Å². The number of nitriles is 1. The van der Waals surface area contributed by atoms with Gasteiger partial charge in [0.05, 0.1) is 6.07 Å². The van der Waals surface area contributed by atoms with E-state index in [0.717, 1.165) is 5.57 Å². The maximum Gasteiger partial charge on any atom is 0.237 e. The summed E-state index contributed by atoms with van der Waals surface area (Å²) in [5, 5.41) is 10.9. The lowest BCUT2D eigenvalue weighted by molar-refractivity contribution is -0.122. The Hall–Kier alpha value is -1.30. The van der Waals surface area contributed by atoms with Crippen molar-refractivity contribution in [3.05, 3.63) is 12.2 Å². The first-order chi connectivity index (χ1) is 5.07. The van der Waals surface area contributed by atoms with Gasteiger partial charge in [-0.05, 0) is 13.8 Å². The molecule has 0 aliphatic heterocycles. The molecule has 0 fully saturated rings. The van der Waals surface area contributed by atoms with Crippen LogP contribution in [0.4, 0.5) is 0 Å². The molecular formula is C8H12N2O. The van der Waals surface area contributed by atoms with Gasteiger partial charge in [-0.1, -0.05) is 12.2 Å². The van der Waals surface area contributed by atoms with Crippen molar-refractivity contribution in [1.82, 2.24) is 5.32 Å². The summed E-state index contributed by atoms with van der Waals surface area (Å²) in [6, 6.07) is 1.85. The van der Waals surface area contributed by atoms with Crippen LogP contribution in [0.15, 0.2) is 12.2 Å². The molecule has 0 aromatic rings. The van der Waals surface area contributed by atoms with Crippen molar-refractivity contribution in [2.24, 2.45) is 5.92 Å². The summed E-state index contributed by atoms with van der Waals surface area (Å²) >= 11 is 0. The van der Waals surface area contributed by atoms with Crippen molar-refractivity contribution in [3.8, 4) is 6.07 Å². The van der Waals surface area contributed by atoms with Gasteiger partial charge in [-0.3, -0.25) is 4.79 Å². The Morgan fingerprint density at radius 1 is 1.82 bits per heavy atom. The van der Waals surface area contributed by atoms with Crippen molar-refractivity contribution < 1.29 is 4.79 Å². The smallest absolute Gasteiger partial charge is 0.237 e. The lowest BCUT2D eigenvalue weighted by Crippen LogP contribution is -2.29. The number of hydrogen-bond acceptors (Lipinski definition) is 2. The molecule has 0 bridgehead atoms. The zero-order valence-corrected chi connectivity index (χ0v) is 6.85. The normalized spacial score (nSPS) is 11.4. The zero-order chi connectivity index (χ0) is 8.85. The molecule has 60 valence electrons. The Morgan fingerprint density at radius 3 is 2.73 bits per heavy atom. The number of nitrogens with one attached hydrogen (secondary N) is 1. The average Bonchev–Trinajstić information content (AvgIpc) is 1.98. The lowest BCUT2D eigenvalue weighted by Gasteiger charge is -2.04. The number of hydrogen-bond donors (Lipinski definition) is 1. The third-order valence-corrected chi connectivity index (χ3v) is 1.15. The Bertz CT molecular complexity index is 203. The van der Waals surface area contributed by atoms with E-state index in [4.69, 9.17) is 5.26 Å². The topological polar surface area (TPSA) is 52.9 Å². The summed E-state index contributed by atoms with van der Waals surface area (Å²) in [4.78, 5) is 10.9. The van der Waals surface area contributed by atoms with Gasteiger partial charge < -0.3 is 5.32 Å². The largest absolute Gasteiger partial charge is 0.351 e. The maximum atomic E-state index is 10.9. The van der Waals surface area contributed by atoms with E-state index < -0.39 is 5.92 Å². The molecule has 0 aromatic heterocycles. The van der Waals surface area contributed by atoms with E-state index in [1.54, 1.807) is 6.92 Å². The minimum Gasteiger partial charge on any atom is -0.351 e. The third kappa shape index (κ3) is 4.15. The van der Waals surface area contributed by atoms with E-state index in [9.17, 15) is 4.79 Å². The second kappa shape index (κ2) is 4.51. The molecule has 3 nitrogen and oxygen atoms in total.